The van der Waals surface area contributed by atoms with Gasteiger partial charge in [0, 0.05) is 32.3 Å². The molecular formula is C24H18N2O. The maximum atomic E-state index is 7.97. The third-order valence-electron chi connectivity index (χ3n) is 4.76. The summed E-state index contributed by atoms with van der Waals surface area (Å²) >= 11 is 0. The first kappa shape index (κ1) is 12.8. The van der Waals surface area contributed by atoms with Gasteiger partial charge in [-0.25, -0.2) is 4.98 Å². The second kappa shape index (κ2) is 6.06. The molecule has 0 radical (unpaired) electrons. The van der Waals surface area contributed by atoms with Crippen LogP contribution in [-0.4, -0.2) is 9.97 Å². The van der Waals surface area contributed by atoms with Gasteiger partial charge in [0.1, 0.15) is 5.58 Å². The standard InChI is InChI=1S/C24H18N2O/c1-15-14-25-22(17-6-4-3-5-7-17)13-21(15)18-9-11-19-20-10-8-16(2)26-24(20)27-23(19)12-18/h3-14H,1-2H3/i1D3. The fourth-order valence-corrected chi connectivity index (χ4v) is 3.38. The number of rotatable bonds is 2. The van der Waals surface area contributed by atoms with Crippen molar-refractivity contribution in [1.82, 2.24) is 9.97 Å². The first-order chi connectivity index (χ1) is 14.4. The van der Waals surface area contributed by atoms with Gasteiger partial charge in [-0.2, -0.15) is 0 Å². The normalized spacial score (nSPS) is 13.4. The Morgan fingerprint density at radius 1 is 0.889 bits per heavy atom. The zero-order valence-corrected chi connectivity index (χ0v) is 14.7. The molecule has 0 spiro atoms. The maximum Gasteiger partial charge on any atom is 0.227 e. The maximum absolute atomic E-state index is 7.97. The summed E-state index contributed by atoms with van der Waals surface area (Å²) in [6.07, 6.45) is 1.46. The Balaban J connectivity index is 1.73. The highest BCUT2D eigenvalue weighted by Gasteiger charge is 2.12. The third kappa shape index (κ3) is 2.68. The number of fused-ring (bicyclic) bond motifs is 3. The number of nitrogens with zero attached hydrogens (tertiary/aromatic N) is 2. The monoisotopic (exact) mass is 353 g/mol. The summed E-state index contributed by atoms with van der Waals surface area (Å²) in [5.74, 6) is 0. The van der Waals surface area contributed by atoms with E-state index in [2.05, 4.69) is 9.97 Å². The van der Waals surface area contributed by atoms with Crippen LogP contribution >= 0.6 is 0 Å². The first-order valence-corrected chi connectivity index (χ1v) is 8.76. The molecule has 0 N–H and O–H groups in total. The van der Waals surface area contributed by atoms with Gasteiger partial charge < -0.3 is 4.42 Å². The summed E-state index contributed by atoms with van der Waals surface area (Å²) < 4.78 is 29.9. The smallest absolute Gasteiger partial charge is 0.227 e. The van der Waals surface area contributed by atoms with Gasteiger partial charge in [-0.05, 0) is 60.8 Å². The lowest BCUT2D eigenvalue weighted by atomic mass is 9.98. The van der Waals surface area contributed by atoms with Gasteiger partial charge in [0.15, 0.2) is 0 Å². The van der Waals surface area contributed by atoms with Crippen molar-refractivity contribution >= 4 is 22.1 Å². The molecule has 0 aliphatic carbocycles. The van der Waals surface area contributed by atoms with E-state index in [1.54, 1.807) is 0 Å². The summed E-state index contributed by atoms with van der Waals surface area (Å²) in [7, 11) is 0. The second-order valence-electron chi connectivity index (χ2n) is 6.60. The predicted molar refractivity (Wildman–Crippen MR) is 110 cm³/mol. The molecule has 3 heteroatoms. The molecule has 0 aliphatic heterocycles. The number of aromatic nitrogens is 2. The lowest BCUT2D eigenvalue weighted by Crippen LogP contribution is -1.89. The number of hydrogen-bond acceptors (Lipinski definition) is 3. The van der Waals surface area contributed by atoms with E-state index in [1.807, 2.05) is 73.7 Å². The minimum atomic E-state index is -2.28. The van der Waals surface area contributed by atoms with Crippen LogP contribution in [0.4, 0.5) is 0 Å². The number of furan rings is 1. The third-order valence-corrected chi connectivity index (χ3v) is 4.76. The van der Waals surface area contributed by atoms with Gasteiger partial charge >= 0.3 is 0 Å². The highest BCUT2D eigenvalue weighted by atomic mass is 16.3. The summed E-state index contributed by atoms with van der Waals surface area (Å²) in [5, 5.41) is 1.90. The van der Waals surface area contributed by atoms with E-state index in [1.165, 1.54) is 6.20 Å². The zero-order valence-electron chi connectivity index (χ0n) is 17.7. The summed E-state index contributed by atoms with van der Waals surface area (Å²) in [6.45, 7) is -0.359. The van der Waals surface area contributed by atoms with Crippen molar-refractivity contribution in [2.45, 2.75) is 13.8 Å². The molecule has 0 saturated carbocycles. The van der Waals surface area contributed by atoms with Crippen LogP contribution in [-0.2, 0) is 0 Å². The van der Waals surface area contributed by atoms with E-state index in [9.17, 15) is 0 Å². The van der Waals surface area contributed by atoms with E-state index in [4.69, 9.17) is 8.53 Å². The van der Waals surface area contributed by atoms with E-state index in [0.717, 1.165) is 33.3 Å². The molecule has 0 aliphatic rings. The topological polar surface area (TPSA) is 38.9 Å². The van der Waals surface area contributed by atoms with Crippen LogP contribution < -0.4 is 0 Å². The van der Waals surface area contributed by atoms with Crippen LogP contribution in [0.1, 0.15) is 15.4 Å². The second-order valence-corrected chi connectivity index (χ2v) is 6.60. The van der Waals surface area contributed by atoms with Gasteiger partial charge in [-0.3, -0.25) is 4.98 Å². The van der Waals surface area contributed by atoms with Crippen LogP contribution in [0.3, 0.4) is 0 Å². The van der Waals surface area contributed by atoms with E-state index in [0.29, 0.717) is 16.9 Å². The van der Waals surface area contributed by atoms with Crippen molar-refractivity contribution in [3.63, 3.8) is 0 Å². The molecule has 5 rings (SSSR count). The fourth-order valence-electron chi connectivity index (χ4n) is 3.38. The molecule has 0 bridgehead atoms. The van der Waals surface area contributed by atoms with Crippen LogP contribution in [0.25, 0.3) is 44.5 Å². The van der Waals surface area contributed by atoms with Gasteiger partial charge in [-0.1, -0.05) is 36.4 Å². The molecule has 130 valence electrons. The molecule has 0 atom stereocenters. The SMILES string of the molecule is [2H]C([2H])([2H])c1cnc(-c2ccccc2)cc1-c1ccc2c(c1)oc1nc(C)ccc12. The van der Waals surface area contributed by atoms with E-state index >= 15 is 0 Å². The molecule has 0 amide bonds. The van der Waals surface area contributed by atoms with E-state index in [-0.39, 0.29) is 5.56 Å². The Morgan fingerprint density at radius 2 is 1.74 bits per heavy atom. The number of benzene rings is 2. The first-order valence-electron chi connectivity index (χ1n) is 10.3. The Hall–Kier alpha value is -3.46. The molecule has 0 saturated heterocycles. The van der Waals surface area contributed by atoms with Crippen LogP contribution in [0, 0.1) is 13.8 Å². The Bertz CT molecular complexity index is 1390. The minimum absolute atomic E-state index is 0.214. The molecule has 3 aromatic heterocycles. The van der Waals surface area contributed by atoms with Crippen LogP contribution in [0.2, 0.25) is 0 Å². The zero-order chi connectivity index (χ0) is 20.9. The fraction of sp³-hybridized carbons (Fsp3) is 0.0833. The molecular weight excluding hydrogens is 332 g/mol. The van der Waals surface area contributed by atoms with E-state index < -0.39 is 6.85 Å². The number of hydrogen-bond donors (Lipinski definition) is 0. The largest absolute Gasteiger partial charge is 0.438 e. The summed E-state index contributed by atoms with van der Waals surface area (Å²) in [6, 6.07) is 21.3. The average Bonchev–Trinajstić information content (AvgIpc) is 3.09. The van der Waals surface area contributed by atoms with Crippen molar-refractivity contribution in [2.75, 3.05) is 0 Å². The highest BCUT2D eigenvalue weighted by molar-refractivity contribution is 6.04. The lowest BCUT2D eigenvalue weighted by Gasteiger charge is -2.09. The van der Waals surface area contributed by atoms with Gasteiger partial charge in [0.2, 0.25) is 5.71 Å². The minimum Gasteiger partial charge on any atom is -0.438 e. The molecule has 3 heterocycles. The number of pyridine rings is 2. The van der Waals surface area contributed by atoms with Gasteiger partial charge in [0.05, 0.1) is 5.69 Å². The Labute approximate surface area is 161 Å². The Kier molecular flexibility index (Phi) is 2.88. The molecule has 0 unspecified atom stereocenters. The molecule has 3 nitrogen and oxygen atoms in total. The van der Waals surface area contributed by atoms with Crippen molar-refractivity contribution in [3.8, 4) is 22.4 Å². The average molecular weight is 353 g/mol. The number of aryl methyl sites for hydroxylation is 2. The summed E-state index contributed by atoms with van der Waals surface area (Å²) in [5.41, 5.74) is 5.40. The summed E-state index contributed by atoms with van der Waals surface area (Å²) in [4.78, 5) is 8.87. The quantitative estimate of drug-likeness (QED) is 0.372. The van der Waals surface area contributed by atoms with Crippen LogP contribution in [0.15, 0.2) is 77.3 Å². The molecule has 2 aromatic carbocycles. The van der Waals surface area contributed by atoms with Crippen molar-refractivity contribution in [3.05, 3.63) is 84.2 Å². The van der Waals surface area contributed by atoms with Crippen molar-refractivity contribution < 1.29 is 8.53 Å². The van der Waals surface area contributed by atoms with Crippen molar-refractivity contribution in [1.29, 1.82) is 0 Å². The molecule has 5 aromatic rings. The highest BCUT2D eigenvalue weighted by Crippen LogP contribution is 2.33. The molecule has 0 fully saturated rings. The Morgan fingerprint density at radius 3 is 2.59 bits per heavy atom. The lowest BCUT2D eigenvalue weighted by molar-refractivity contribution is 0.653. The van der Waals surface area contributed by atoms with Crippen LogP contribution in [0.5, 0.6) is 0 Å². The van der Waals surface area contributed by atoms with Crippen molar-refractivity contribution in [2.24, 2.45) is 0 Å². The van der Waals surface area contributed by atoms with Gasteiger partial charge in [-0.15, -0.1) is 0 Å². The van der Waals surface area contributed by atoms with Gasteiger partial charge in [0.25, 0.3) is 0 Å². The predicted octanol–water partition coefficient (Wildman–Crippen LogP) is 6.33. The molecule has 27 heavy (non-hydrogen) atoms.